The number of rotatable bonds is 6. The largest absolute Gasteiger partial charge is 0.300 e. The zero-order chi connectivity index (χ0) is 8.69. The van der Waals surface area contributed by atoms with Gasteiger partial charge in [-0.3, -0.25) is 0 Å². The minimum Gasteiger partial charge on any atom is -0.300 e. The third-order valence-electron chi connectivity index (χ3n) is 1.25. The van der Waals surface area contributed by atoms with E-state index in [2.05, 4.69) is 13.8 Å². The standard InChI is InChI=1S/C8H16OS2/c1-4-10-11-8(3)6-5-7(2)9/h8H,4-6H2,1-3H3. The number of carbonyl (C=O) groups excluding carboxylic acids is 1. The van der Waals surface area contributed by atoms with E-state index in [-0.39, 0.29) is 0 Å². The average molecular weight is 192 g/mol. The molecular formula is C8H16OS2. The van der Waals surface area contributed by atoms with Crippen LogP contribution in [0.4, 0.5) is 0 Å². The van der Waals surface area contributed by atoms with Crippen LogP contribution in [0.25, 0.3) is 0 Å². The van der Waals surface area contributed by atoms with Crippen molar-refractivity contribution in [2.75, 3.05) is 5.75 Å². The Bertz CT molecular complexity index is 115. The maximum atomic E-state index is 10.6. The van der Waals surface area contributed by atoms with Crippen molar-refractivity contribution >= 4 is 27.4 Å². The number of hydrogen-bond donors (Lipinski definition) is 0. The van der Waals surface area contributed by atoms with Gasteiger partial charge in [0, 0.05) is 17.4 Å². The predicted octanol–water partition coefficient (Wildman–Crippen LogP) is 3.15. The Hall–Kier alpha value is 0.370. The molecule has 1 nitrogen and oxygen atoms in total. The van der Waals surface area contributed by atoms with Crippen LogP contribution in [-0.4, -0.2) is 16.8 Å². The van der Waals surface area contributed by atoms with E-state index < -0.39 is 0 Å². The predicted molar refractivity (Wildman–Crippen MR) is 55.1 cm³/mol. The van der Waals surface area contributed by atoms with Crippen LogP contribution in [0.5, 0.6) is 0 Å². The molecule has 0 rings (SSSR count). The van der Waals surface area contributed by atoms with Crippen LogP contribution in [0.2, 0.25) is 0 Å². The second kappa shape index (κ2) is 7.04. The molecule has 0 spiro atoms. The molecule has 11 heavy (non-hydrogen) atoms. The average Bonchev–Trinajstić information content (AvgIpc) is 1.97. The third kappa shape index (κ3) is 8.27. The Morgan fingerprint density at radius 1 is 1.55 bits per heavy atom. The van der Waals surface area contributed by atoms with E-state index in [1.165, 1.54) is 0 Å². The van der Waals surface area contributed by atoms with E-state index in [4.69, 9.17) is 0 Å². The first kappa shape index (κ1) is 11.4. The van der Waals surface area contributed by atoms with Crippen molar-refractivity contribution < 1.29 is 4.79 Å². The van der Waals surface area contributed by atoms with Gasteiger partial charge in [0.2, 0.25) is 0 Å². The minimum atomic E-state index is 0.305. The van der Waals surface area contributed by atoms with Crippen molar-refractivity contribution in [3.05, 3.63) is 0 Å². The SMILES string of the molecule is CCSSC(C)CCC(C)=O. The van der Waals surface area contributed by atoms with Gasteiger partial charge in [-0.05, 0) is 13.3 Å². The summed E-state index contributed by atoms with van der Waals surface area (Å²) in [7, 11) is 3.76. The number of ketones is 1. The van der Waals surface area contributed by atoms with Crippen LogP contribution in [0, 0.1) is 0 Å². The van der Waals surface area contributed by atoms with Gasteiger partial charge in [-0.15, -0.1) is 0 Å². The van der Waals surface area contributed by atoms with Crippen LogP contribution in [-0.2, 0) is 4.79 Å². The van der Waals surface area contributed by atoms with E-state index >= 15 is 0 Å². The van der Waals surface area contributed by atoms with Crippen LogP contribution >= 0.6 is 21.6 Å². The highest BCUT2D eigenvalue weighted by Crippen LogP contribution is 2.28. The first-order chi connectivity index (χ1) is 5.16. The van der Waals surface area contributed by atoms with E-state index in [1.54, 1.807) is 6.92 Å². The summed E-state index contributed by atoms with van der Waals surface area (Å²) in [5, 5.41) is 0.615. The van der Waals surface area contributed by atoms with E-state index in [9.17, 15) is 4.79 Å². The summed E-state index contributed by atoms with van der Waals surface area (Å²) in [5.41, 5.74) is 0. The van der Waals surface area contributed by atoms with Crippen LogP contribution in [0.15, 0.2) is 0 Å². The summed E-state index contributed by atoms with van der Waals surface area (Å²) in [6.07, 6.45) is 1.76. The molecule has 0 aromatic rings. The number of Topliss-reactive ketones (excluding diaryl/α,β-unsaturated/α-hetero) is 1. The summed E-state index contributed by atoms with van der Waals surface area (Å²) in [4.78, 5) is 10.6. The molecule has 1 atom stereocenters. The summed E-state index contributed by atoms with van der Waals surface area (Å²) in [6.45, 7) is 5.98. The monoisotopic (exact) mass is 192 g/mol. The fourth-order valence-corrected chi connectivity index (χ4v) is 2.62. The molecule has 66 valence electrons. The highest BCUT2D eigenvalue weighted by atomic mass is 33.1. The van der Waals surface area contributed by atoms with Crippen molar-refractivity contribution in [2.24, 2.45) is 0 Å². The van der Waals surface area contributed by atoms with Gasteiger partial charge in [0.05, 0.1) is 0 Å². The molecule has 0 N–H and O–H groups in total. The molecule has 0 saturated carbocycles. The highest BCUT2D eigenvalue weighted by molar-refractivity contribution is 8.76. The van der Waals surface area contributed by atoms with Gasteiger partial charge in [-0.1, -0.05) is 35.4 Å². The van der Waals surface area contributed by atoms with Gasteiger partial charge < -0.3 is 4.79 Å². The number of carbonyl (C=O) groups is 1. The second-order valence-electron chi connectivity index (χ2n) is 2.55. The summed E-state index contributed by atoms with van der Waals surface area (Å²) >= 11 is 0. The molecule has 0 aliphatic rings. The molecule has 0 aliphatic carbocycles. The molecule has 0 aliphatic heterocycles. The topological polar surface area (TPSA) is 17.1 Å². The van der Waals surface area contributed by atoms with Crippen molar-refractivity contribution in [3.8, 4) is 0 Å². The van der Waals surface area contributed by atoms with Crippen molar-refractivity contribution in [1.82, 2.24) is 0 Å². The Morgan fingerprint density at radius 2 is 2.18 bits per heavy atom. The maximum absolute atomic E-state index is 10.6. The zero-order valence-electron chi connectivity index (χ0n) is 7.42. The van der Waals surface area contributed by atoms with Crippen LogP contribution in [0.3, 0.4) is 0 Å². The Kier molecular flexibility index (Phi) is 7.28. The Morgan fingerprint density at radius 3 is 2.64 bits per heavy atom. The van der Waals surface area contributed by atoms with Gasteiger partial charge >= 0.3 is 0 Å². The molecule has 0 aromatic heterocycles. The van der Waals surface area contributed by atoms with Gasteiger partial charge in [-0.2, -0.15) is 0 Å². The lowest BCUT2D eigenvalue weighted by atomic mass is 10.2. The molecule has 0 saturated heterocycles. The van der Waals surface area contributed by atoms with Gasteiger partial charge in [-0.25, -0.2) is 0 Å². The quantitative estimate of drug-likeness (QED) is 0.602. The lowest BCUT2D eigenvalue weighted by Gasteiger charge is -2.07. The van der Waals surface area contributed by atoms with Crippen molar-refractivity contribution in [2.45, 2.75) is 38.9 Å². The molecule has 3 heteroatoms. The van der Waals surface area contributed by atoms with Gasteiger partial charge in [0.15, 0.2) is 0 Å². The minimum absolute atomic E-state index is 0.305. The summed E-state index contributed by atoms with van der Waals surface area (Å²) in [6, 6.07) is 0. The molecule has 0 fully saturated rings. The first-order valence-corrected chi connectivity index (χ1v) is 6.32. The van der Waals surface area contributed by atoms with Gasteiger partial charge in [0.25, 0.3) is 0 Å². The van der Waals surface area contributed by atoms with Crippen molar-refractivity contribution in [1.29, 1.82) is 0 Å². The van der Waals surface area contributed by atoms with E-state index in [0.717, 1.165) is 18.6 Å². The van der Waals surface area contributed by atoms with Crippen molar-refractivity contribution in [3.63, 3.8) is 0 Å². The fourth-order valence-electron chi connectivity index (χ4n) is 0.639. The molecular weight excluding hydrogens is 176 g/mol. The highest BCUT2D eigenvalue weighted by Gasteiger charge is 2.03. The zero-order valence-corrected chi connectivity index (χ0v) is 9.06. The van der Waals surface area contributed by atoms with E-state index in [1.807, 2.05) is 21.6 Å². The van der Waals surface area contributed by atoms with Crippen LogP contribution < -0.4 is 0 Å². The molecule has 1 unspecified atom stereocenters. The molecule has 0 aromatic carbocycles. The fraction of sp³-hybridized carbons (Fsp3) is 0.875. The normalized spacial score (nSPS) is 13.0. The van der Waals surface area contributed by atoms with Crippen LogP contribution in [0.1, 0.15) is 33.6 Å². The molecule has 0 radical (unpaired) electrons. The smallest absolute Gasteiger partial charge is 0.129 e. The molecule has 0 bridgehead atoms. The first-order valence-electron chi connectivity index (χ1n) is 3.94. The summed E-state index contributed by atoms with van der Waals surface area (Å²) < 4.78 is 0. The Labute approximate surface area is 77.1 Å². The Balaban J connectivity index is 3.22. The maximum Gasteiger partial charge on any atom is 0.129 e. The summed E-state index contributed by atoms with van der Waals surface area (Å²) in [5.74, 6) is 1.45. The second-order valence-corrected chi connectivity index (χ2v) is 5.65. The van der Waals surface area contributed by atoms with E-state index in [0.29, 0.717) is 11.0 Å². The lowest BCUT2D eigenvalue weighted by molar-refractivity contribution is -0.117. The molecule has 0 amide bonds. The third-order valence-corrected chi connectivity index (χ3v) is 4.29. The lowest BCUT2D eigenvalue weighted by Crippen LogP contribution is -1.98. The molecule has 0 heterocycles. The number of hydrogen-bond acceptors (Lipinski definition) is 3. The van der Waals surface area contributed by atoms with Gasteiger partial charge in [0.1, 0.15) is 5.78 Å².